The van der Waals surface area contributed by atoms with Gasteiger partial charge in [-0.05, 0) is 56.2 Å². The van der Waals surface area contributed by atoms with E-state index in [-0.39, 0.29) is 18.4 Å². The Balaban J connectivity index is 1.66. The molecule has 32 heavy (non-hydrogen) atoms. The predicted octanol–water partition coefficient (Wildman–Crippen LogP) is 5.20. The van der Waals surface area contributed by atoms with Crippen LogP contribution in [0.25, 0.3) is 10.9 Å². The third-order valence-electron chi connectivity index (χ3n) is 5.73. The Morgan fingerprint density at radius 2 is 1.94 bits per heavy atom. The van der Waals surface area contributed by atoms with Crippen LogP contribution in [0.15, 0.2) is 53.9 Å². The molecule has 2 amide bonds. The minimum Gasteiger partial charge on any atom is -0.443 e. The van der Waals surface area contributed by atoms with E-state index in [2.05, 4.69) is 15.5 Å². The van der Waals surface area contributed by atoms with Gasteiger partial charge < -0.3 is 10.1 Å². The Bertz CT molecular complexity index is 1270. The number of amides is 2. The molecule has 164 valence electrons. The summed E-state index contributed by atoms with van der Waals surface area (Å²) in [6, 6.07) is 11.4. The number of fused-ring (bicyclic) bond motifs is 3. The molecule has 0 saturated heterocycles. The smallest absolute Gasteiger partial charge is 0.417 e. The van der Waals surface area contributed by atoms with Gasteiger partial charge in [0.25, 0.3) is 5.91 Å². The Kier molecular flexibility index (Phi) is 4.74. The average Bonchev–Trinajstić information content (AvgIpc) is 3.21. The Morgan fingerprint density at radius 3 is 2.66 bits per heavy atom. The van der Waals surface area contributed by atoms with Crippen molar-refractivity contribution in [1.82, 2.24) is 15.1 Å². The number of nitrogens with one attached hydrogen (secondary N) is 2. The number of H-pyrrole nitrogens is 1. The second-order valence-corrected chi connectivity index (χ2v) is 9.48. The van der Waals surface area contributed by atoms with Crippen molar-refractivity contribution in [1.29, 1.82) is 0 Å². The second kappa shape index (κ2) is 7.38. The lowest BCUT2D eigenvalue weighted by atomic mass is 9.77. The second-order valence-electron chi connectivity index (χ2n) is 9.05. The van der Waals surface area contributed by atoms with Crippen LogP contribution < -0.4 is 5.32 Å². The molecule has 7 nitrogen and oxygen atoms in total. The van der Waals surface area contributed by atoms with Gasteiger partial charge in [-0.15, -0.1) is 0 Å². The number of nitrogens with zero attached hydrogens (tertiary/aromatic N) is 2. The Morgan fingerprint density at radius 1 is 1.19 bits per heavy atom. The summed E-state index contributed by atoms with van der Waals surface area (Å²) in [6.07, 6.45) is 1.66. The average molecular weight is 451 g/mol. The lowest BCUT2D eigenvalue weighted by molar-refractivity contribution is -0.127. The molecule has 0 bridgehead atoms. The van der Waals surface area contributed by atoms with Gasteiger partial charge in [-0.3, -0.25) is 9.89 Å². The van der Waals surface area contributed by atoms with E-state index < -0.39 is 11.7 Å². The van der Waals surface area contributed by atoms with Crippen LogP contribution in [-0.2, 0) is 9.53 Å². The Hall–Kier alpha value is -3.32. The number of rotatable bonds is 1. The van der Waals surface area contributed by atoms with Crippen molar-refractivity contribution in [3.8, 4) is 0 Å². The van der Waals surface area contributed by atoms with Crippen LogP contribution in [0.4, 0.5) is 10.5 Å². The molecule has 0 aliphatic carbocycles. The number of halogens is 1. The van der Waals surface area contributed by atoms with Gasteiger partial charge in [-0.2, -0.15) is 5.10 Å². The zero-order valence-corrected chi connectivity index (χ0v) is 18.8. The fourth-order valence-corrected chi connectivity index (χ4v) is 4.53. The number of imide groups is 1. The number of carbonyl (C=O) groups is 2. The SMILES string of the molecule is CC(C)(C)OC(=O)N1CCC2=C(C1=O)C(c1ccc(Cl)cc1)c1c(ccc3[nH]ncc13)N2. The number of aromatic amines is 1. The van der Waals surface area contributed by atoms with E-state index in [4.69, 9.17) is 16.3 Å². The minimum atomic E-state index is -0.692. The first-order chi connectivity index (χ1) is 15.2. The summed E-state index contributed by atoms with van der Waals surface area (Å²) in [4.78, 5) is 27.7. The van der Waals surface area contributed by atoms with Gasteiger partial charge in [0.15, 0.2) is 0 Å². The largest absolute Gasteiger partial charge is 0.443 e. The zero-order valence-electron chi connectivity index (χ0n) is 18.0. The van der Waals surface area contributed by atoms with E-state index in [1.54, 1.807) is 27.0 Å². The molecule has 0 spiro atoms. The van der Waals surface area contributed by atoms with Gasteiger partial charge in [0, 0.05) is 46.2 Å². The molecular formula is C24H23ClN4O3. The molecule has 1 atom stereocenters. The lowest BCUT2D eigenvalue weighted by Crippen LogP contribution is -2.47. The molecule has 1 aromatic heterocycles. The number of aromatic nitrogens is 2. The first-order valence-corrected chi connectivity index (χ1v) is 10.9. The van der Waals surface area contributed by atoms with Crippen molar-refractivity contribution in [2.45, 2.75) is 38.7 Å². The fraction of sp³-hybridized carbons (Fsp3) is 0.292. The van der Waals surface area contributed by atoms with E-state index in [0.29, 0.717) is 17.0 Å². The molecule has 1 unspecified atom stereocenters. The molecule has 2 N–H and O–H groups in total. The van der Waals surface area contributed by atoms with Crippen molar-refractivity contribution in [3.63, 3.8) is 0 Å². The molecule has 0 fully saturated rings. The third-order valence-corrected chi connectivity index (χ3v) is 5.98. The third kappa shape index (κ3) is 3.42. The molecule has 2 aliphatic heterocycles. The predicted molar refractivity (Wildman–Crippen MR) is 123 cm³/mol. The van der Waals surface area contributed by atoms with Crippen LogP contribution in [0.5, 0.6) is 0 Å². The van der Waals surface area contributed by atoms with Crippen LogP contribution in [0.1, 0.15) is 44.2 Å². The molecule has 8 heteroatoms. The quantitative estimate of drug-likeness (QED) is 0.532. The topological polar surface area (TPSA) is 87.3 Å². The minimum absolute atomic E-state index is 0.260. The number of hydrogen-bond donors (Lipinski definition) is 2. The van der Waals surface area contributed by atoms with Crippen LogP contribution in [0.3, 0.4) is 0 Å². The Labute approximate surface area is 190 Å². The van der Waals surface area contributed by atoms with E-state index in [1.165, 1.54) is 4.90 Å². The maximum Gasteiger partial charge on any atom is 0.417 e. The van der Waals surface area contributed by atoms with Crippen LogP contribution in [-0.4, -0.2) is 39.2 Å². The number of anilines is 1. The summed E-state index contributed by atoms with van der Waals surface area (Å²) in [5, 5.41) is 12.2. The van der Waals surface area contributed by atoms with Crippen molar-refractivity contribution in [2.24, 2.45) is 0 Å². The normalized spacial score (nSPS) is 18.3. The number of hydrogen-bond acceptors (Lipinski definition) is 5. The number of benzene rings is 2. The van der Waals surface area contributed by atoms with Crippen molar-refractivity contribution >= 4 is 40.2 Å². The van der Waals surface area contributed by atoms with Gasteiger partial charge in [-0.1, -0.05) is 23.7 Å². The fourth-order valence-electron chi connectivity index (χ4n) is 4.41. The summed E-state index contributed by atoms with van der Waals surface area (Å²) in [5.74, 6) is -0.725. The van der Waals surface area contributed by atoms with Gasteiger partial charge >= 0.3 is 6.09 Å². The molecule has 2 aliphatic rings. The highest BCUT2D eigenvalue weighted by Gasteiger charge is 2.42. The van der Waals surface area contributed by atoms with Gasteiger partial charge in [0.05, 0.1) is 11.7 Å². The summed E-state index contributed by atoms with van der Waals surface area (Å²) in [6.45, 7) is 5.62. The molecule has 5 rings (SSSR count). The molecule has 0 saturated carbocycles. The van der Waals surface area contributed by atoms with Crippen LogP contribution in [0.2, 0.25) is 5.02 Å². The molecule has 3 heterocycles. The highest BCUT2D eigenvalue weighted by Crippen LogP contribution is 2.47. The lowest BCUT2D eigenvalue weighted by Gasteiger charge is -2.38. The summed E-state index contributed by atoms with van der Waals surface area (Å²) in [5.41, 5.74) is 4.34. The molecule has 2 aromatic carbocycles. The van der Waals surface area contributed by atoms with Gasteiger partial charge in [0.1, 0.15) is 5.60 Å². The van der Waals surface area contributed by atoms with Crippen molar-refractivity contribution in [2.75, 3.05) is 11.9 Å². The van der Waals surface area contributed by atoms with Crippen LogP contribution >= 0.6 is 11.6 Å². The van der Waals surface area contributed by atoms with E-state index in [0.717, 1.165) is 33.4 Å². The molecule has 0 radical (unpaired) electrons. The standard InChI is InChI=1S/C24H23ClN4O3/c1-24(2,3)32-23(31)29-11-10-18-21(22(29)30)19(13-4-6-14(25)7-5-13)20-15-12-26-28-16(15)8-9-17(20)27-18/h4-9,12,19,27H,10-11H2,1-3H3,(H,26,28). The van der Waals surface area contributed by atoms with E-state index >= 15 is 0 Å². The highest BCUT2D eigenvalue weighted by molar-refractivity contribution is 6.30. The zero-order chi connectivity index (χ0) is 22.6. The van der Waals surface area contributed by atoms with Crippen molar-refractivity contribution in [3.05, 3.63) is 70.0 Å². The first-order valence-electron chi connectivity index (χ1n) is 10.5. The maximum atomic E-state index is 13.7. The summed E-state index contributed by atoms with van der Waals surface area (Å²) >= 11 is 6.14. The van der Waals surface area contributed by atoms with E-state index in [1.807, 2.05) is 36.4 Å². The van der Waals surface area contributed by atoms with Crippen molar-refractivity contribution < 1.29 is 14.3 Å². The highest BCUT2D eigenvalue weighted by atomic mass is 35.5. The number of ether oxygens (including phenoxy) is 1. The number of carbonyl (C=O) groups excluding carboxylic acids is 2. The molecular weight excluding hydrogens is 428 g/mol. The maximum absolute atomic E-state index is 13.7. The molecule has 3 aromatic rings. The monoisotopic (exact) mass is 450 g/mol. The summed E-state index contributed by atoms with van der Waals surface area (Å²) < 4.78 is 5.50. The van der Waals surface area contributed by atoms with Gasteiger partial charge in [0.2, 0.25) is 0 Å². The van der Waals surface area contributed by atoms with E-state index in [9.17, 15) is 9.59 Å². The van der Waals surface area contributed by atoms with Crippen LogP contribution in [0, 0.1) is 0 Å². The first kappa shape index (κ1) is 20.6. The summed E-state index contributed by atoms with van der Waals surface area (Å²) in [7, 11) is 0. The van der Waals surface area contributed by atoms with Gasteiger partial charge in [-0.25, -0.2) is 9.69 Å².